The summed E-state index contributed by atoms with van der Waals surface area (Å²) in [5.74, 6) is 2.26. The first-order valence-corrected chi connectivity index (χ1v) is 5.45. The van der Waals surface area contributed by atoms with Gasteiger partial charge in [-0.2, -0.15) is 5.26 Å². The van der Waals surface area contributed by atoms with Gasteiger partial charge in [0.1, 0.15) is 11.5 Å². The average Bonchev–Trinajstić information content (AvgIpc) is 2.65. The summed E-state index contributed by atoms with van der Waals surface area (Å²) in [4.78, 5) is 2.35. The lowest BCUT2D eigenvalue weighted by Gasteiger charge is -2.28. The van der Waals surface area contributed by atoms with Gasteiger partial charge in [0, 0.05) is 5.92 Å². The summed E-state index contributed by atoms with van der Waals surface area (Å²) in [6.45, 7) is 4.87. The number of rotatable bonds is 2. The molecule has 0 aromatic carbocycles. The maximum Gasteiger partial charge on any atom is 0.118 e. The van der Waals surface area contributed by atoms with Crippen molar-refractivity contribution >= 4 is 0 Å². The van der Waals surface area contributed by atoms with E-state index in [0.717, 1.165) is 44.0 Å². The quantitative estimate of drug-likeness (QED) is 0.742. The van der Waals surface area contributed by atoms with Crippen LogP contribution in [0.3, 0.4) is 0 Å². The standard InChI is InChI=1S/C12H16N2O/c1-10-2-3-12(15-10)9-14-6-4-11(8-13)5-7-14/h2-3,11H,4-7,9H2,1H3. The minimum atomic E-state index is 0.264. The highest BCUT2D eigenvalue weighted by Crippen LogP contribution is 2.18. The summed E-state index contributed by atoms with van der Waals surface area (Å²) in [6.07, 6.45) is 1.99. The monoisotopic (exact) mass is 204 g/mol. The highest BCUT2D eigenvalue weighted by Gasteiger charge is 2.19. The van der Waals surface area contributed by atoms with Gasteiger partial charge in [0.05, 0.1) is 12.6 Å². The Labute approximate surface area is 90.3 Å². The Balaban J connectivity index is 1.85. The van der Waals surface area contributed by atoms with Gasteiger partial charge in [0.15, 0.2) is 0 Å². The summed E-state index contributed by atoms with van der Waals surface area (Å²) in [5.41, 5.74) is 0. The van der Waals surface area contributed by atoms with Crippen LogP contribution >= 0.6 is 0 Å². The van der Waals surface area contributed by atoms with Gasteiger partial charge in [-0.3, -0.25) is 4.90 Å². The van der Waals surface area contributed by atoms with Gasteiger partial charge in [0.25, 0.3) is 0 Å². The molecule has 0 atom stereocenters. The normalized spacial score (nSPS) is 18.9. The number of piperidine rings is 1. The molecule has 1 aromatic heterocycles. The maximum atomic E-state index is 8.78. The van der Waals surface area contributed by atoms with E-state index in [1.165, 1.54) is 0 Å². The van der Waals surface area contributed by atoms with Gasteiger partial charge >= 0.3 is 0 Å². The number of nitriles is 1. The Morgan fingerprint density at radius 2 is 2.20 bits per heavy atom. The summed E-state index contributed by atoms with van der Waals surface area (Å²) >= 11 is 0. The predicted octanol–water partition coefficient (Wildman–Crippen LogP) is 2.32. The van der Waals surface area contributed by atoms with Crippen molar-refractivity contribution in [3.8, 4) is 6.07 Å². The van der Waals surface area contributed by atoms with E-state index in [9.17, 15) is 0 Å². The molecule has 15 heavy (non-hydrogen) atoms. The van der Waals surface area contributed by atoms with E-state index in [0.29, 0.717) is 0 Å². The Hall–Kier alpha value is -1.27. The lowest BCUT2D eigenvalue weighted by atomic mass is 9.99. The van der Waals surface area contributed by atoms with E-state index >= 15 is 0 Å². The Morgan fingerprint density at radius 1 is 1.47 bits per heavy atom. The van der Waals surface area contributed by atoms with Crippen LogP contribution in [-0.4, -0.2) is 18.0 Å². The van der Waals surface area contributed by atoms with Crippen LogP contribution in [0, 0.1) is 24.2 Å². The van der Waals surface area contributed by atoms with Crippen molar-refractivity contribution in [2.75, 3.05) is 13.1 Å². The maximum absolute atomic E-state index is 8.78. The van der Waals surface area contributed by atoms with E-state index < -0.39 is 0 Å². The molecule has 80 valence electrons. The Kier molecular flexibility index (Phi) is 3.08. The summed E-state index contributed by atoms with van der Waals surface area (Å²) in [6, 6.07) is 6.37. The molecule has 0 amide bonds. The molecule has 3 heteroatoms. The summed E-state index contributed by atoms with van der Waals surface area (Å²) < 4.78 is 5.53. The van der Waals surface area contributed by atoms with Crippen molar-refractivity contribution in [2.24, 2.45) is 5.92 Å². The Morgan fingerprint density at radius 3 is 2.73 bits per heavy atom. The van der Waals surface area contributed by atoms with Gasteiger partial charge in [0.2, 0.25) is 0 Å². The van der Waals surface area contributed by atoms with Crippen LogP contribution in [0.5, 0.6) is 0 Å². The molecule has 2 heterocycles. The number of hydrogen-bond donors (Lipinski definition) is 0. The lowest BCUT2D eigenvalue weighted by Crippen LogP contribution is -2.32. The van der Waals surface area contributed by atoms with Crippen LogP contribution in [0.2, 0.25) is 0 Å². The molecule has 1 saturated heterocycles. The topological polar surface area (TPSA) is 40.2 Å². The number of aryl methyl sites for hydroxylation is 1. The molecule has 0 spiro atoms. The van der Waals surface area contributed by atoms with Crippen LogP contribution in [0.15, 0.2) is 16.5 Å². The number of furan rings is 1. The summed E-state index contributed by atoms with van der Waals surface area (Å²) in [7, 11) is 0. The molecule has 1 fully saturated rings. The number of likely N-dealkylation sites (tertiary alicyclic amines) is 1. The molecule has 3 nitrogen and oxygen atoms in total. The molecule has 0 N–H and O–H groups in total. The fourth-order valence-electron chi connectivity index (χ4n) is 2.01. The van der Waals surface area contributed by atoms with Crippen molar-refractivity contribution in [2.45, 2.75) is 26.3 Å². The van der Waals surface area contributed by atoms with Gasteiger partial charge in [-0.05, 0) is 45.0 Å². The fraction of sp³-hybridized carbons (Fsp3) is 0.583. The first-order chi connectivity index (χ1) is 7.28. The third-order valence-electron chi connectivity index (χ3n) is 2.95. The van der Waals surface area contributed by atoms with E-state index in [1.807, 2.05) is 19.1 Å². The largest absolute Gasteiger partial charge is 0.465 e. The second-order valence-corrected chi connectivity index (χ2v) is 4.19. The van der Waals surface area contributed by atoms with E-state index in [2.05, 4.69) is 11.0 Å². The molecule has 2 rings (SSSR count). The van der Waals surface area contributed by atoms with Gasteiger partial charge in [-0.15, -0.1) is 0 Å². The number of hydrogen-bond acceptors (Lipinski definition) is 3. The highest BCUT2D eigenvalue weighted by atomic mass is 16.3. The van der Waals surface area contributed by atoms with Gasteiger partial charge in [-0.25, -0.2) is 0 Å². The van der Waals surface area contributed by atoms with Crippen molar-refractivity contribution in [1.29, 1.82) is 5.26 Å². The van der Waals surface area contributed by atoms with Crippen LogP contribution < -0.4 is 0 Å². The van der Waals surface area contributed by atoms with Crippen molar-refractivity contribution in [3.63, 3.8) is 0 Å². The van der Waals surface area contributed by atoms with Crippen molar-refractivity contribution in [3.05, 3.63) is 23.7 Å². The highest BCUT2D eigenvalue weighted by molar-refractivity contribution is 5.05. The molecule has 1 aromatic rings. The van der Waals surface area contributed by atoms with E-state index in [4.69, 9.17) is 9.68 Å². The smallest absolute Gasteiger partial charge is 0.118 e. The van der Waals surface area contributed by atoms with Crippen LogP contribution in [0.25, 0.3) is 0 Å². The van der Waals surface area contributed by atoms with E-state index in [-0.39, 0.29) is 5.92 Å². The molecule has 0 bridgehead atoms. The van der Waals surface area contributed by atoms with Crippen molar-refractivity contribution in [1.82, 2.24) is 4.90 Å². The summed E-state index contributed by atoms with van der Waals surface area (Å²) in [5, 5.41) is 8.78. The zero-order chi connectivity index (χ0) is 10.7. The van der Waals surface area contributed by atoms with E-state index in [1.54, 1.807) is 0 Å². The van der Waals surface area contributed by atoms with Crippen LogP contribution in [0.1, 0.15) is 24.4 Å². The zero-order valence-electron chi connectivity index (χ0n) is 9.07. The van der Waals surface area contributed by atoms with Crippen molar-refractivity contribution < 1.29 is 4.42 Å². The van der Waals surface area contributed by atoms with Gasteiger partial charge in [-0.1, -0.05) is 0 Å². The molecule has 0 saturated carbocycles. The zero-order valence-corrected chi connectivity index (χ0v) is 9.07. The molecule has 1 aliphatic heterocycles. The first kappa shape index (κ1) is 10.3. The third-order valence-corrected chi connectivity index (χ3v) is 2.95. The van der Waals surface area contributed by atoms with Crippen LogP contribution in [-0.2, 0) is 6.54 Å². The third kappa shape index (κ3) is 2.60. The molecular weight excluding hydrogens is 188 g/mol. The second kappa shape index (κ2) is 4.50. The van der Waals surface area contributed by atoms with Gasteiger partial charge < -0.3 is 4.42 Å². The number of nitrogens with zero attached hydrogens (tertiary/aromatic N) is 2. The lowest BCUT2D eigenvalue weighted by molar-refractivity contribution is 0.184. The molecule has 0 aliphatic carbocycles. The SMILES string of the molecule is Cc1ccc(CN2CCC(C#N)CC2)o1. The Bertz CT molecular complexity index is 356. The molecule has 1 aliphatic rings. The minimum Gasteiger partial charge on any atom is -0.465 e. The first-order valence-electron chi connectivity index (χ1n) is 5.45. The average molecular weight is 204 g/mol. The molecule has 0 unspecified atom stereocenters. The molecular formula is C12H16N2O. The molecule has 0 radical (unpaired) electrons. The fourth-order valence-corrected chi connectivity index (χ4v) is 2.01. The van der Waals surface area contributed by atoms with Crippen LogP contribution in [0.4, 0.5) is 0 Å². The minimum absolute atomic E-state index is 0.264. The predicted molar refractivity (Wildman–Crippen MR) is 57.1 cm³/mol. The second-order valence-electron chi connectivity index (χ2n) is 4.19.